The van der Waals surface area contributed by atoms with E-state index in [-0.39, 0.29) is 18.8 Å². The fraction of sp³-hybridized carbons (Fsp3) is 0.533. The van der Waals surface area contributed by atoms with E-state index in [0.29, 0.717) is 22.6 Å². The van der Waals surface area contributed by atoms with Gasteiger partial charge in [0.05, 0.1) is 18.8 Å². The third kappa shape index (κ3) is 4.28. The second-order valence-electron chi connectivity index (χ2n) is 5.85. The molecule has 0 spiro atoms. The first-order chi connectivity index (χ1) is 12.0. The number of aromatic nitrogens is 4. The lowest BCUT2D eigenvalue weighted by molar-refractivity contribution is -0.154. The Morgan fingerprint density at radius 3 is 2.84 bits per heavy atom. The molecular weight excluding hydrogens is 326 g/mol. The van der Waals surface area contributed by atoms with Gasteiger partial charge in [-0.3, -0.25) is 14.8 Å². The highest BCUT2D eigenvalue weighted by Crippen LogP contribution is 2.22. The molecule has 25 heavy (non-hydrogen) atoms. The molecule has 2 rings (SSSR count). The molecule has 0 saturated heterocycles. The summed E-state index contributed by atoms with van der Waals surface area (Å²) in [4.78, 5) is 35.8. The standard InChI is InChI=1S/C15H23N7O3/c1-3-4-5-6-11(7-21(25)10-23)15(24)22(16)14-12-13(17-8-18-14)20(2)9-19-12/h8-11,25H,3-7,16H2,1-2H3/t11-/m0/s1. The molecule has 0 fully saturated rings. The number of hydrogen-bond donors (Lipinski definition) is 2. The van der Waals surface area contributed by atoms with Crippen molar-refractivity contribution in [2.45, 2.75) is 32.6 Å². The van der Waals surface area contributed by atoms with Gasteiger partial charge < -0.3 is 4.57 Å². The summed E-state index contributed by atoms with van der Waals surface area (Å²) in [6, 6.07) is 0. The van der Waals surface area contributed by atoms with Gasteiger partial charge in [-0.2, -0.15) is 0 Å². The molecule has 2 aromatic heterocycles. The van der Waals surface area contributed by atoms with E-state index in [1.54, 1.807) is 17.9 Å². The quantitative estimate of drug-likeness (QED) is 0.169. The van der Waals surface area contributed by atoms with Crippen molar-refractivity contribution in [1.29, 1.82) is 0 Å². The van der Waals surface area contributed by atoms with Gasteiger partial charge in [0.1, 0.15) is 6.33 Å². The minimum atomic E-state index is -0.638. The van der Waals surface area contributed by atoms with Crippen LogP contribution in [0.5, 0.6) is 0 Å². The van der Waals surface area contributed by atoms with Crippen LogP contribution in [-0.2, 0) is 16.6 Å². The van der Waals surface area contributed by atoms with Gasteiger partial charge >= 0.3 is 0 Å². The number of anilines is 1. The largest absolute Gasteiger partial charge is 0.318 e. The van der Waals surface area contributed by atoms with E-state index < -0.39 is 11.8 Å². The summed E-state index contributed by atoms with van der Waals surface area (Å²) in [5.74, 6) is 5.10. The number of nitrogens with zero attached hydrogens (tertiary/aromatic N) is 6. The lowest BCUT2D eigenvalue weighted by Crippen LogP contribution is -2.45. The Labute approximate surface area is 145 Å². The third-order valence-electron chi connectivity index (χ3n) is 3.98. The van der Waals surface area contributed by atoms with Crippen LogP contribution in [0.1, 0.15) is 32.6 Å². The van der Waals surface area contributed by atoms with Crippen LogP contribution in [0.4, 0.5) is 5.82 Å². The number of hydroxylamine groups is 2. The first-order valence-corrected chi connectivity index (χ1v) is 8.11. The monoisotopic (exact) mass is 349 g/mol. The maximum absolute atomic E-state index is 12.8. The van der Waals surface area contributed by atoms with Gasteiger partial charge in [0.25, 0.3) is 0 Å². The minimum Gasteiger partial charge on any atom is -0.318 e. The van der Waals surface area contributed by atoms with Crippen LogP contribution < -0.4 is 10.9 Å². The van der Waals surface area contributed by atoms with Crippen LogP contribution >= 0.6 is 0 Å². The van der Waals surface area contributed by atoms with Crippen molar-refractivity contribution >= 4 is 29.3 Å². The molecule has 10 nitrogen and oxygen atoms in total. The van der Waals surface area contributed by atoms with Crippen molar-refractivity contribution < 1.29 is 14.8 Å². The first kappa shape index (κ1) is 18.7. The second kappa shape index (κ2) is 8.49. The lowest BCUT2D eigenvalue weighted by Gasteiger charge is -2.24. The number of amides is 2. The third-order valence-corrected chi connectivity index (χ3v) is 3.98. The molecule has 0 aliphatic carbocycles. The molecule has 2 heterocycles. The average Bonchev–Trinajstić information content (AvgIpc) is 3.01. The summed E-state index contributed by atoms with van der Waals surface area (Å²) >= 11 is 0. The van der Waals surface area contributed by atoms with Crippen LogP contribution in [0.25, 0.3) is 11.2 Å². The van der Waals surface area contributed by atoms with Crippen molar-refractivity contribution in [1.82, 2.24) is 24.6 Å². The predicted octanol–water partition coefficient (Wildman–Crippen LogP) is 0.614. The molecule has 2 amide bonds. The molecule has 0 aliphatic rings. The molecule has 0 aliphatic heterocycles. The van der Waals surface area contributed by atoms with Gasteiger partial charge in [-0.05, 0) is 6.42 Å². The second-order valence-corrected chi connectivity index (χ2v) is 5.85. The van der Waals surface area contributed by atoms with Crippen LogP contribution in [0.15, 0.2) is 12.7 Å². The number of imidazole rings is 1. The van der Waals surface area contributed by atoms with E-state index in [1.165, 1.54) is 6.33 Å². The van der Waals surface area contributed by atoms with Crippen LogP contribution in [0.3, 0.4) is 0 Å². The Kier molecular flexibility index (Phi) is 6.37. The first-order valence-electron chi connectivity index (χ1n) is 8.11. The number of carbonyl (C=O) groups excluding carboxylic acids is 2. The molecule has 136 valence electrons. The van der Waals surface area contributed by atoms with E-state index in [0.717, 1.165) is 24.3 Å². The average molecular weight is 349 g/mol. The Morgan fingerprint density at radius 2 is 2.16 bits per heavy atom. The zero-order valence-corrected chi connectivity index (χ0v) is 14.4. The van der Waals surface area contributed by atoms with E-state index in [2.05, 4.69) is 21.9 Å². The predicted molar refractivity (Wildman–Crippen MR) is 90.2 cm³/mol. The molecule has 0 unspecified atom stereocenters. The lowest BCUT2D eigenvalue weighted by atomic mass is 10.00. The maximum Gasteiger partial charge on any atom is 0.247 e. The van der Waals surface area contributed by atoms with Gasteiger partial charge in [-0.15, -0.1) is 0 Å². The Morgan fingerprint density at radius 1 is 1.40 bits per heavy atom. The number of hydrazine groups is 1. The van der Waals surface area contributed by atoms with Crippen molar-refractivity contribution in [2.24, 2.45) is 18.8 Å². The molecular formula is C15H23N7O3. The molecule has 0 saturated carbocycles. The van der Waals surface area contributed by atoms with Crippen LogP contribution in [-0.4, -0.2) is 48.7 Å². The van der Waals surface area contributed by atoms with Gasteiger partial charge in [-0.1, -0.05) is 26.2 Å². The fourth-order valence-corrected chi connectivity index (χ4v) is 2.61. The number of hydrogen-bond acceptors (Lipinski definition) is 7. The number of fused-ring (bicyclic) bond motifs is 1. The summed E-state index contributed by atoms with van der Waals surface area (Å²) in [6.45, 7) is 1.92. The summed E-state index contributed by atoms with van der Waals surface area (Å²) in [7, 11) is 1.77. The van der Waals surface area contributed by atoms with Gasteiger partial charge in [0.15, 0.2) is 17.0 Å². The zero-order chi connectivity index (χ0) is 18.4. The van der Waals surface area contributed by atoms with E-state index in [9.17, 15) is 14.8 Å². The van der Waals surface area contributed by atoms with Crippen molar-refractivity contribution in [3.05, 3.63) is 12.7 Å². The van der Waals surface area contributed by atoms with Gasteiger partial charge in [0.2, 0.25) is 12.3 Å². The Bertz CT molecular complexity index is 733. The minimum absolute atomic E-state index is 0.129. The van der Waals surface area contributed by atoms with Crippen LogP contribution in [0.2, 0.25) is 0 Å². The summed E-state index contributed by atoms with van der Waals surface area (Å²) in [5, 5.41) is 10.9. The SMILES string of the molecule is CCCCC[C@@H](CN(O)C=O)C(=O)N(N)c1ncnc2c1ncn2C. The molecule has 0 radical (unpaired) electrons. The molecule has 0 aromatic carbocycles. The number of carbonyl (C=O) groups is 2. The molecule has 0 bridgehead atoms. The number of aryl methyl sites for hydroxylation is 1. The highest BCUT2D eigenvalue weighted by Gasteiger charge is 2.27. The van der Waals surface area contributed by atoms with E-state index in [1.807, 2.05) is 0 Å². The summed E-state index contributed by atoms with van der Waals surface area (Å²) < 4.78 is 1.69. The number of unbranched alkanes of at least 4 members (excludes halogenated alkanes) is 2. The van der Waals surface area contributed by atoms with Crippen molar-refractivity contribution in [3.63, 3.8) is 0 Å². The van der Waals surface area contributed by atoms with Gasteiger partial charge in [0, 0.05) is 7.05 Å². The van der Waals surface area contributed by atoms with E-state index >= 15 is 0 Å². The van der Waals surface area contributed by atoms with Crippen LogP contribution in [0, 0.1) is 5.92 Å². The Balaban J connectivity index is 2.24. The Hall–Kier alpha value is -2.59. The van der Waals surface area contributed by atoms with Gasteiger partial charge in [-0.25, -0.2) is 30.9 Å². The number of rotatable bonds is 9. The molecule has 1 atom stereocenters. The highest BCUT2D eigenvalue weighted by atomic mass is 16.5. The van der Waals surface area contributed by atoms with Crippen molar-refractivity contribution in [2.75, 3.05) is 11.6 Å². The fourth-order valence-electron chi connectivity index (χ4n) is 2.61. The maximum atomic E-state index is 12.8. The van der Waals surface area contributed by atoms with E-state index in [4.69, 9.17) is 5.84 Å². The number of nitrogens with two attached hydrogens (primary N) is 1. The summed E-state index contributed by atoms with van der Waals surface area (Å²) in [5.41, 5.74) is 0.955. The van der Waals surface area contributed by atoms with Crippen molar-refractivity contribution in [3.8, 4) is 0 Å². The zero-order valence-electron chi connectivity index (χ0n) is 14.4. The molecule has 3 N–H and O–H groups in total. The molecule has 10 heteroatoms. The smallest absolute Gasteiger partial charge is 0.247 e. The highest BCUT2D eigenvalue weighted by molar-refractivity contribution is 5.99. The molecule has 2 aromatic rings. The normalized spacial score (nSPS) is 12.2. The topological polar surface area (TPSA) is 130 Å². The summed E-state index contributed by atoms with van der Waals surface area (Å²) in [6.07, 6.45) is 6.35.